The van der Waals surface area contributed by atoms with E-state index in [1.165, 1.54) is 0 Å². The van der Waals surface area contributed by atoms with Gasteiger partial charge in [-0.2, -0.15) is 0 Å². The summed E-state index contributed by atoms with van der Waals surface area (Å²) in [5.74, 6) is -1.28. The molecular formula is C21H28O6. The average Bonchev–Trinajstić information content (AvgIpc) is 3.09. The van der Waals surface area contributed by atoms with Gasteiger partial charge < -0.3 is 19.3 Å². The number of aliphatic hydroxyl groups is 1. The van der Waals surface area contributed by atoms with Gasteiger partial charge in [-0.3, -0.25) is 9.59 Å². The Balaban J connectivity index is 1.70. The summed E-state index contributed by atoms with van der Waals surface area (Å²) in [6.45, 7) is 6.98. The number of Topliss-reactive ketones (excluding diaryl/α,β-unsaturated/α-hetero) is 1. The molecule has 0 aromatic rings. The highest BCUT2D eigenvalue weighted by Crippen LogP contribution is 2.69. The van der Waals surface area contributed by atoms with E-state index in [1.54, 1.807) is 7.11 Å². The van der Waals surface area contributed by atoms with Gasteiger partial charge in [-0.05, 0) is 42.6 Å². The topological polar surface area (TPSA) is 82.1 Å². The zero-order chi connectivity index (χ0) is 19.2. The molecule has 5 fully saturated rings. The van der Waals surface area contributed by atoms with E-state index >= 15 is 0 Å². The van der Waals surface area contributed by atoms with Crippen LogP contribution in [-0.2, 0) is 23.8 Å². The molecular weight excluding hydrogens is 348 g/mol. The molecule has 5 rings (SSSR count). The van der Waals surface area contributed by atoms with Crippen molar-refractivity contribution in [1.82, 2.24) is 0 Å². The predicted octanol–water partition coefficient (Wildman–Crippen LogP) is 1.85. The van der Waals surface area contributed by atoms with E-state index in [-0.39, 0.29) is 29.6 Å². The Kier molecular flexibility index (Phi) is 3.58. The Morgan fingerprint density at radius 3 is 2.74 bits per heavy atom. The van der Waals surface area contributed by atoms with Gasteiger partial charge in [0.1, 0.15) is 5.41 Å². The quantitative estimate of drug-likeness (QED) is 0.427. The van der Waals surface area contributed by atoms with Crippen LogP contribution in [0.3, 0.4) is 0 Å². The fourth-order valence-corrected chi connectivity index (χ4v) is 7.59. The lowest BCUT2D eigenvalue weighted by molar-refractivity contribution is -0.244. The number of hydrogen-bond acceptors (Lipinski definition) is 6. The van der Waals surface area contributed by atoms with Gasteiger partial charge in [-0.1, -0.05) is 19.9 Å². The maximum atomic E-state index is 13.3. The molecule has 1 N–H and O–H groups in total. The molecule has 0 aromatic carbocycles. The number of ketones is 1. The number of aliphatic hydroxyl groups excluding tert-OH is 1. The Bertz CT molecular complexity index is 732. The number of ether oxygens (including phenoxy) is 3. The van der Waals surface area contributed by atoms with Crippen molar-refractivity contribution < 1.29 is 28.9 Å². The second-order valence-corrected chi connectivity index (χ2v) is 9.72. The van der Waals surface area contributed by atoms with Crippen molar-refractivity contribution in [2.45, 2.75) is 51.4 Å². The fourth-order valence-electron chi connectivity index (χ4n) is 7.59. The molecule has 3 aliphatic carbocycles. The van der Waals surface area contributed by atoms with E-state index in [2.05, 4.69) is 13.5 Å². The molecule has 27 heavy (non-hydrogen) atoms. The Labute approximate surface area is 159 Å². The number of allylic oxidation sites excluding steroid dienone is 1. The highest BCUT2D eigenvalue weighted by molar-refractivity contribution is 6.15. The van der Waals surface area contributed by atoms with Crippen LogP contribution in [0.5, 0.6) is 0 Å². The molecule has 0 radical (unpaired) electrons. The molecule has 3 saturated carbocycles. The normalized spacial score (nSPS) is 54.0. The first-order valence-electron chi connectivity index (χ1n) is 10.0. The van der Waals surface area contributed by atoms with Crippen LogP contribution in [0.4, 0.5) is 0 Å². The molecule has 148 valence electrons. The van der Waals surface area contributed by atoms with Crippen LogP contribution in [0, 0.1) is 34.0 Å². The molecule has 8 atom stereocenters. The van der Waals surface area contributed by atoms with Crippen LogP contribution < -0.4 is 0 Å². The van der Waals surface area contributed by atoms with Gasteiger partial charge in [0.2, 0.25) is 0 Å². The van der Waals surface area contributed by atoms with Crippen LogP contribution in [0.2, 0.25) is 0 Å². The second kappa shape index (κ2) is 5.43. The SMILES string of the molecule is C=C1C(=O)[C@]23C[C@H]1C[C@@H](O)[C@H]2[C@@]1(CCC[C@@]2(C)COC(OC)[C@H]21)COC3=O. The first-order chi connectivity index (χ1) is 12.8. The summed E-state index contributed by atoms with van der Waals surface area (Å²) in [7, 11) is 1.64. The van der Waals surface area contributed by atoms with E-state index < -0.39 is 35.1 Å². The van der Waals surface area contributed by atoms with Crippen LogP contribution >= 0.6 is 0 Å². The zero-order valence-electron chi connectivity index (χ0n) is 16.0. The lowest BCUT2D eigenvalue weighted by Crippen LogP contribution is -2.67. The smallest absolute Gasteiger partial charge is 0.320 e. The zero-order valence-corrected chi connectivity index (χ0v) is 16.0. The van der Waals surface area contributed by atoms with Crippen LogP contribution in [0.15, 0.2) is 12.2 Å². The maximum Gasteiger partial charge on any atom is 0.320 e. The summed E-state index contributed by atoms with van der Waals surface area (Å²) in [6, 6.07) is 0. The molecule has 6 nitrogen and oxygen atoms in total. The number of hydrogen-bond donors (Lipinski definition) is 1. The standard InChI is InChI=1S/C21H28O6/c1-11-12-7-13(22)14-20(10-27-18(24)21(14,8-12)16(11)23)6-4-5-19(2)9-26-17(25-3)15(19)20/h12-15,17,22H,1,4-10H2,2-3H3/t12-,13-,14+,15-,17?,19+,20-,21+/m1/s1. The van der Waals surface area contributed by atoms with Gasteiger partial charge in [0.05, 0.1) is 19.3 Å². The minimum absolute atomic E-state index is 0.0217. The van der Waals surface area contributed by atoms with E-state index in [0.717, 1.165) is 19.3 Å². The third-order valence-electron chi connectivity index (χ3n) is 8.50. The first kappa shape index (κ1) is 17.8. The number of carbonyl (C=O) groups excluding carboxylic acids is 2. The highest BCUT2D eigenvalue weighted by atomic mass is 16.7. The number of rotatable bonds is 1. The molecule has 0 amide bonds. The number of cyclic esters (lactones) is 1. The summed E-state index contributed by atoms with van der Waals surface area (Å²) in [5, 5.41) is 11.2. The predicted molar refractivity (Wildman–Crippen MR) is 94.4 cm³/mol. The van der Waals surface area contributed by atoms with Gasteiger partial charge >= 0.3 is 5.97 Å². The van der Waals surface area contributed by atoms with Crippen LogP contribution in [-0.4, -0.2) is 49.6 Å². The molecule has 5 aliphatic rings. The average molecular weight is 376 g/mol. The highest BCUT2D eigenvalue weighted by Gasteiger charge is 2.76. The lowest BCUT2D eigenvalue weighted by Gasteiger charge is -2.61. The third-order valence-corrected chi connectivity index (χ3v) is 8.50. The van der Waals surface area contributed by atoms with E-state index in [0.29, 0.717) is 25.0 Å². The second-order valence-electron chi connectivity index (χ2n) is 9.72. The van der Waals surface area contributed by atoms with Crippen molar-refractivity contribution >= 4 is 11.8 Å². The van der Waals surface area contributed by atoms with Crippen molar-refractivity contribution in [3.63, 3.8) is 0 Å². The summed E-state index contributed by atoms with van der Waals surface area (Å²) in [6.07, 6.45) is 2.56. The van der Waals surface area contributed by atoms with Gasteiger partial charge in [-0.15, -0.1) is 0 Å². The van der Waals surface area contributed by atoms with Crippen molar-refractivity contribution in [2.24, 2.45) is 34.0 Å². The lowest BCUT2D eigenvalue weighted by atomic mass is 9.44. The van der Waals surface area contributed by atoms with Crippen LogP contribution in [0.25, 0.3) is 0 Å². The molecule has 0 aromatic heterocycles. The number of methoxy groups -OCH3 is 1. The van der Waals surface area contributed by atoms with Gasteiger partial charge in [-0.25, -0.2) is 0 Å². The van der Waals surface area contributed by atoms with Gasteiger partial charge in [0.25, 0.3) is 0 Å². The Morgan fingerprint density at radius 1 is 1.22 bits per heavy atom. The Morgan fingerprint density at radius 2 is 2.00 bits per heavy atom. The first-order valence-corrected chi connectivity index (χ1v) is 10.0. The summed E-state index contributed by atoms with van der Waals surface area (Å²) >= 11 is 0. The number of carbonyl (C=O) groups is 2. The molecule has 2 spiro atoms. The maximum absolute atomic E-state index is 13.3. The van der Waals surface area contributed by atoms with Gasteiger partial charge in [0, 0.05) is 24.4 Å². The fraction of sp³-hybridized carbons (Fsp3) is 0.810. The minimum atomic E-state index is -1.28. The monoisotopic (exact) mass is 376 g/mol. The van der Waals surface area contributed by atoms with Gasteiger partial charge in [0.15, 0.2) is 12.1 Å². The summed E-state index contributed by atoms with van der Waals surface area (Å²) in [4.78, 5) is 26.3. The molecule has 2 heterocycles. The van der Waals surface area contributed by atoms with Crippen molar-refractivity contribution in [3.05, 3.63) is 12.2 Å². The summed E-state index contributed by atoms with van der Waals surface area (Å²) < 4.78 is 17.4. The van der Waals surface area contributed by atoms with E-state index in [9.17, 15) is 14.7 Å². The molecule has 6 heteroatoms. The van der Waals surface area contributed by atoms with Crippen molar-refractivity contribution in [3.8, 4) is 0 Å². The number of fused-ring (bicyclic) bond motifs is 4. The van der Waals surface area contributed by atoms with Crippen LogP contribution in [0.1, 0.15) is 39.0 Å². The largest absolute Gasteiger partial charge is 0.464 e. The van der Waals surface area contributed by atoms with E-state index in [1.807, 2.05) is 0 Å². The number of esters is 1. The minimum Gasteiger partial charge on any atom is -0.464 e. The van der Waals surface area contributed by atoms with E-state index in [4.69, 9.17) is 14.2 Å². The molecule has 1 unspecified atom stereocenters. The Hall–Kier alpha value is -1.24. The molecule has 2 aliphatic heterocycles. The summed E-state index contributed by atoms with van der Waals surface area (Å²) in [5.41, 5.74) is -1.42. The third kappa shape index (κ3) is 1.92. The molecule has 2 bridgehead atoms. The van der Waals surface area contributed by atoms with Crippen molar-refractivity contribution in [2.75, 3.05) is 20.3 Å². The molecule has 2 saturated heterocycles. The van der Waals surface area contributed by atoms with Crippen molar-refractivity contribution in [1.29, 1.82) is 0 Å².